The molecule has 1 atom stereocenters. The monoisotopic (exact) mass is 378 g/mol. The Hall–Kier alpha value is -2.38. The number of amides is 3. The van der Waals surface area contributed by atoms with Gasteiger partial charge in [-0.3, -0.25) is 4.79 Å². The molecule has 0 saturated carbocycles. The van der Waals surface area contributed by atoms with E-state index in [2.05, 4.69) is 10.6 Å². The Balaban J connectivity index is 1.29. The molecule has 4 rings (SSSR count). The van der Waals surface area contributed by atoms with Crippen LogP contribution in [-0.4, -0.2) is 55.6 Å². The van der Waals surface area contributed by atoms with Gasteiger partial charge in [-0.05, 0) is 36.8 Å². The lowest BCUT2D eigenvalue weighted by Crippen LogP contribution is -2.50. The van der Waals surface area contributed by atoms with Crippen molar-refractivity contribution in [3.8, 4) is 0 Å². The highest BCUT2D eigenvalue weighted by atomic mass is 19.1. The van der Waals surface area contributed by atoms with Crippen LogP contribution in [0, 0.1) is 17.0 Å². The number of nitrogens with zero attached hydrogens (tertiary/aromatic N) is 2. The molecule has 3 amide bonds. The van der Waals surface area contributed by atoms with Crippen molar-refractivity contribution in [1.29, 1.82) is 0 Å². The fourth-order valence-electron chi connectivity index (χ4n) is 4.39. The average Bonchev–Trinajstić information content (AvgIpc) is 3.23. The van der Waals surface area contributed by atoms with Crippen LogP contribution in [0.25, 0.3) is 0 Å². The lowest BCUT2D eigenvalue weighted by Gasteiger charge is -2.38. The quantitative estimate of drug-likeness (QED) is 0.826. The summed E-state index contributed by atoms with van der Waals surface area (Å²) in [6.45, 7) is 3.12. The molecule has 3 aliphatic rings. The molecule has 1 spiro atoms. The summed E-state index contributed by atoms with van der Waals surface area (Å²) in [5.74, 6) is -1.07. The molecular formula is C19H24F2N4O2. The van der Waals surface area contributed by atoms with Gasteiger partial charge in [-0.1, -0.05) is 0 Å². The highest BCUT2D eigenvalue weighted by molar-refractivity contribution is 5.79. The van der Waals surface area contributed by atoms with Crippen molar-refractivity contribution < 1.29 is 18.4 Å². The zero-order valence-corrected chi connectivity index (χ0v) is 15.1. The smallest absolute Gasteiger partial charge is 0.317 e. The first kappa shape index (κ1) is 18.0. The third kappa shape index (κ3) is 3.70. The van der Waals surface area contributed by atoms with Gasteiger partial charge in [0, 0.05) is 51.3 Å². The predicted octanol–water partition coefficient (Wildman–Crippen LogP) is 1.86. The molecule has 3 aliphatic heterocycles. The maximum atomic E-state index is 13.9. The standard InChI is InChI=1S/C19H24F2N4O2/c20-13-1-2-16(15(21)9-13)25-6-3-14(11-25)23-18(27)24-7-4-19(5-8-24)10-17(26)22-12-19/h1-2,9,14H,3-8,10-12H2,(H,22,26)(H,23,27). The Bertz CT molecular complexity index is 749. The largest absolute Gasteiger partial charge is 0.367 e. The molecule has 1 aromatic rings. The van der Waals surface area contributed by atoms with Crippen molar-refractivity contribution in [2.24, 2.45) is 5.41 Å². The Morgan fingerprint density at radius 2 is 2.00 bits per heavy atom. The van der Waals surface area contributed by atoms with Crippen molar-refractivity contribution >= 4 is 17.6 Å². The number of rotatable bonds is 2. The van der Waals surface area contributed by atoms with E-state index < -0.39 is 11.6 Å². The predicted molar refractivity (Wildman–Crippen MR) is 96.4 cm³/mol. The summed E-state index contributed by atoms with van der Waals surface area (Å²) >= 11 is 0. The van der Waals surface area contributed by atoms with Crippen molar-refractivity contribution in [2.75, 3.05) is 37.6 Å². The Morgan fingerprint density at radius 3 is 2.67 bits per heavy atom. The van der Waals surface area contributed by atoms with Gasteiger partial charge in [0.2, 0.25) is 5.91 Å². The molecule has 0 radical (unpaired) electrons. The van der Waals surface area contributed by atoms with Crippen LogP contribution in [0.4, 0.5) is 19.3 Å². The van der Waals surface area contributed by atoms with Gasteiger partial charge in [0.25, 0.3) is 0 Å². The minimum Gasteiger partial charge on any atom is -0.367 e. The number of hydrogen-bond donors (Lipinski definition) is 2. The van der Waals surface area contributed by atoms with Gasteiger partial charge in [0.05, 0.1) is 5.69 Å². The molecule has 1 aromatic carbocycles. The summed E-state index contributed by atoms with van der Waals surface area (Å²) in [7, 11) is 0. The summed E-state index contributed by atoms with van der Waals surface area (Å²) in [5.41, 5.74) is 0.379. The number of carbonyl (C=O) groups excluding carboxylic acids is 2. The SMILES string of the molecule is O=C1CC2(CCN(C(=O)NC3CCN(c4ccc(F)cc4F)C3)CC2)CN1. The topological polar surface area (TPSA) is 64.7 Å². The van der Waals surface area contributed by atoms with Crippen LogP contribution >= 0.6 is 0 Å². The van der Waals surface area contributed by atoms with Crippen molar-refractivity contribution in [2.45, 2.75) is 31.7 Å². The first-order valence-electron chi connectivity index (χ1n) is 9.46. The number of nitrogens with one attached hydrogen (secondary N) is 2. The molecule has 0 aliphatic carbocycles. The zero-order valence-electron chi connectivity index (χ0n) is 15.1. The number of carbonyl (C=O) groups is 2. The van der Waals surface area contributed by atoms with E-state index in [4.69, 9.17) is 0 Å². The fourth-order valence-corrected chi connectivity index (χ4v) is 4.39. The lowest BCUT2D eigenvalue weighted by molar-refractivity contribution is -0.119. The Morgan fingerprint density at radius 1 is 1.22 bits per heavy atom. The molecule has 0 bridgehead atoms. The first-order chi connectivity index (χ1) is 12.9. The van der Waals surface area contributed by atoms with Gasteiger partial charge < -0.3 is 20.4 Å². The van der Waals surface area contributed by atoms with E-state index in [1.807, 2.05) is 4.90 Å². The molecule has 2 N–H and O–H groups in total. The summed E-state index contributed by atoms with van der Waals surface area (Å²) < 4.78 is 27.0. The van der Waals surface area contributed by atoms with E-state index in [0.29, 0.717) is 44.8 Å². The van der Waals surface area contributed by atoms with Crippen LogP contribution < -0.4 is 15.5 Å². The van der Waals surface area contributed by atoms with Gasteiger partial charge in [0.15, 0.2) is 0 Å². The second-order valence-electron chi connectivity index (χ2n) is 7.92. The minimum absolute atomic E-state index is 0.0120. The third-order valence-electron chi connectivity index (χ3n) is 6.07. The summed E-state index contributed by atoms with van der Waals surface area (Å²) in [5, 5.41) is 5.93. The van der Waals surface area contributed by atoms with Crippen molar-refractivity contribution in [3.63, 3.8) is 0 Å². The van der Waals surface area contributed by atoms with E-state index in [1.54, 1.807) is 4.90 Å². The van der Waals surface area contributed by atoms with Crippen LogP contribution in [0.5, 0.6) is 0 Å². The molecule has 146 valence electrons. The Labute approximate surface area is 156 Å². The van der Waals surface area contributed by atoms with Gasteiger partial charge in [-0.2, -0.15) is 0 Å². The summed E-state index contributed by atoms with van der Waals surface area (Å²) in [4.78, 5) is 27.7. The van der Waals surface area contributed by atoms with Crippen LogP contribution in [-0.2, 0) is 4.79 Å². The maximum Gasteiger partial charge on any atom is 0.317 e. The average molecular weight is 378 g/mol. The number of hydrogen-bond acceptors (Lipinski definition) is 3. The second kappa shape index (κ2) is 6.98. The van der Waals surface area contributed by atoms with Crippen molar-refractivity contribution in [3.05, 3.63) is 29.8 Å². The van der Waals surface area contributed by atoms with Gasteiger partial charge >= 0.3 is 6.03 Å². The maximum absolute atomic E-state index is 13.9. The number of urea groups is 1. The molecular weight excluding hydrogens is 354 g/mol. The molecule has 0 aromatic heterocycles. The number of halogens is 2. The Kier molecular flexibility index (Phi) is 4.65. The highest BCUT2D eigenvalue weighted by Crippen LogP contribution is 2.37. The number of likely N-dealkylation sites (tertiary alicyclic amines) is 1. The molecule has 3 fully saturated rings. The normalized spacial score (nSPS) is 24.4. The first-order valence-corrected chi connectivity index (χ1v) is 9.46. The van der Waals surface area contributed by atoms with Crippen molar-refractivity contribution in [1.82, 2.24) is 15.5 Å². The third-order valence-corrected chi connectivity index (χ3v) is 6.07. The van der Waals surface area contributed by atoms with Crippen LogP contribution in [0.1, 0.15) is 25.7 Å². The van der Waals surface area contributed by atoms with Gasteiger partial charge in [-0.25, -0.2) is 13.6 Å². The lowest BCUT2D eigenvalue weighted by atomic mass is 9.78. The fraction of sp³-hybridized carbons (Fsp3) is 0.579. The van der Waals surface area contributed by atoms with Gasteiger partial charge in [-0.15, -0.1) is 0 Å². The van der Waals surface area contributed by atoms with Crippen LogP contribution in [0.2, 0.25) is 0 Å². The molecule has 6 nitrogen and oxygen atoms in total. The zero-order chi connectivity index (χ0) is 19.0. The van der Waals surface area contributed by atoms with E-state index in [1.165, 1.54) is 12.1 Å². The number of piperidine rings is 1. The van der Waals surface area contributed by atoms with E-state index in [0.717, 1.165) is 25.3 Å². The molecule has 27 heavy (non-hydrogen) atoms. The van der Waals surface area contributed by atoms with Crippen LogP contribution in [0.3, 0.4) is 0 Å². The highest BCUT2D eigenvalue weighted by Gasteiger charge is 2.42. The van der Waals surface area contributed by atoms with E-state index >= 15 is 0 Å². The second-order valence-corrected chi connectivity index (χ2v) is 7.92. The number of benzene rings is 1. The minimum atomic E-state index is -0.595. The molecule has 8 heteroatoms. The van der Waals surface area contributed by atoms with E-state index in [-0.39, 0.29) is 23.4 Å². The molecule has 3 saturated heterocycles. The van der Waals surface area contributed by atoms with Gasteiger partial charge in [0.1, 0.15) is 11.6 Å². The summed E-state index contributed by atoms with van der Waals surface area (Å²) in [6, 6.07) is 3.40. The summed E-state index contributed by atoms with van der Waals surface area (Å²) in [6.07, 6.45) is 2.94. The molecule has 3 heterocycles. The molecule has 1 unspecified atom stereocenters. The van der Waals surface area contributed by atoms with Crippen LogP contribution in [0.15, 0.2) is 18.2 Å². The number of anilines is 1. The van der Waals surface area contributed by atoms with E-state index in [9.17, 15) is 18.4 Å².